The summed E-state index contributed by atoms with van der Waals surface area (Å²) in [5.74, 6) is 1.17. The van der Waals surface area contributed by atoms with E-state index in [9.17, 15) is 0 Å². The van der Waals surface area contributed by atoms with E-state index in [1.54, 1.807) is 14.2 Å². The van der Waals surface area contributed by atoms with Crippen molar-refractivity contribution in [1.29, 1.82) is 0 Å². The average molecular weight is 297 g/mol. The SMILES string of the molecule is COc1ncnc(OC)c1CNC1CCCC(SC)C1. The molecule has 0 spiro atoms. The standard InChI is InChI=1S/C14H23N3O2S/c1-18-13-12(14(19-2)17-9-16-13)8-15-10-5-4-6-11(7-10)20-3/h9-11,15H,4-8H2,1-3H3. The normalized spacial score (nSPS) is 22.6. The van der Waals surface area contributed by atoms with Gasteiger partial charge in [-0.05, 0) is 25.5 Å². The molecule has 5 nitrogen and oxygen atoms in total. The molecule has 1 aliphatic rings. The quantitative estimate of drug-likeness (QED) is 0.869. The Kier molecular flexibility index (Phi) is 5.91. The molecule has 1 aromatic heterocycles. The van der Waals surface area contributed by atoms with Gasteiger partial charge in [-0.25, -0.2) is 9.97 Å². The van der Waals surface area contributed by atoms with Crippen LogP contribution in [0.5, 0.6) is 11.8 Å². The fraction of sp³-hybridized carbons (Fsp3) is 0.714. The van der Waals surface area contributed by atoms with Crippen LogP contribution in [-0.4, -0.2) is 41.7 Å². The van der Waals surface area contributed by atoms with Crippen LogP contribution < -0.4 is 14.8 Å². The van der Waals surface area contributed by atoms with E-state index >= 15 is 0 Å². The molecule has 2 rings (SSSR count). The Morgan fingerprint density at radius 3 is 2.55 bits per heavy atom. The summed E-state index contributed by atoms with van der Waals surface area (Å²) in [4.78, 5) is 8.29. The van der Waals surface area contributed by atoms with Crippen LogP contribution in [0.1, 0.15) is 31.2 Å². The summed E-state index contributed by atoms with van der Waals surface area (Å²) in [7, 11) is 3.24. The van der Waals surface area contributed by atoms with Gasteiger partial charge in [-0.15, -0.1) is 0 Å². The lowest BCUT2D eigenvalue weighted by Crippen LogP contribution is -2.34. The molecule has 1 N–H and O–H groups in total. The smallest absolute Gasteiger partial charge is 0.224 e. The summed E-state index contributed by atoms with van der Waals surface area (Å²) in [6.45, 7) is 0.680. The van der Waals surface area contributed by atoms with Crippen molar-refractivity contribution >= 4 is 11.8 Å². The predicted octanol–water partition coefficient (Wildman–Crippen LogP) is 2.26. The predicted molar refractivity (Wildman–Crippen MR) is 81.5 cm³/mol. The van der Waals surface area contributed by atoms with Gasteiger partial charge in [0, 0.05) is 17.8 Å². The summed E-state index contributed by atoms with van der Waals surface area (Å²) in [6, 6.07) is 0.552. The molecule has 1 aliphatic carbocycles. The highest BCUT2D eigenvalue weighted by Crippen LogP contribution is 2.28. The lowest BCUT2D eigenvalue weighted by Gasteiger charge is -2.29. The van der Waals surface area contributed by atoms with Crippen LogP contribution in [0.25, 0.3) is 0 Å². The van der Waals surface area contributed by atoms with Crippen molar-refractivity contribution < 1.29 is 9.47 Å². The minimum atomic E-state index is 0.552. The van der Waals surface area contributed by atoms with E-state index in [2.05, 4.69) is 21.5 Å². The molecule has 0 saturated heterocycles. The molecule has 0 bridgehead atoms. The van der Waals surface area contributed by atoms with Crippen molar-refractivity contribution in [1.82, 2.24) is 15.3 Å². The van der Waals surface area contributed by atoms with E-state index in [-0.39, 0.29) is 0 Å². The van der Waals surface area contributed by atoms with Crippen LogP contribution in [0.2, 0.25) is 0 Å². The van der Waals surface area contributed by atoms with Gasteiger partial charge in [0.15, 0.2) is 0 Å². The van der Waals surface area contributed by atoms with Crippen molar-refractivity contribution in [3.05, 3.63) is 11.9 Å². The molecule has 0 amide bonds. The Morgan fingerprint density at radius 2 is 1.95 bits per heavy atom. The summed E-state index contributed by atoms with van der Waals surface area (Å²) in [5, 5.41) is 4.37. The van der Waals surface area contributed by atoms with Gasteiger partial charge in [-0.3, -0.25) is 0 Å². The lowest BCUT2D eigenvalue weighted by molar-refractivity contribution is 0.344. The van der Waals surface area contributed by atoms with Gasteiger partial charge >= 0.3 is 0 Å². The second kappa shape index (κ2) is 7.69. The number of nitrogens with zero attached hydrogens (tertiary/aromatic N) is 2. The first-order valence-corrected chi connectivity index (χ1v) is 8.25. The average Bonchev–Trinajstić information content (AvgIpc) is 2.52. The zero-order valence-electron chi connectivity index (χ0n) is 12.4. The highest BCUT2D eigenvalue weighted by molar-refractivity contribution is 7.99. The van der Waals surface area contributed by atoms with E-state index in [1.807, 2.05) is 11.8 Å². The number of rotatable bonds is 6. The van der Waals surface area contributed by atoms with E-state index in [0.717, 1.165) is 10.8 Å². The summed E-state index contributed by atoms with van der Waals surface area (Å²) in [6.07, 6.45) is 8.74. The second-order valence-electron chi connectivity index (χ2n) is 4.97. The van der Waals surface area contributed by atoms with Gasteiger partial charge in [0.05, 0.1) is 19.8 Å². The van der Waals surface area contributed by atoms with Crippen LogP contribution in [0.15, 0.2) is 6.33 Å². The lowest BCUT2D eigenvalue weighted by atomic mass is 9.95. The van der Waals surface area contributed by atoms with Crippen LogP contribution in [0.3, 0.4) is 0 Å². The minimum Gasteiger partial charge on any atom is -0.481 e. The third kappa shape index (κ3) is 3.76. The van der Waals surface area contributed by atoms with E-state index in [0.29, 0.717) is 24.3 Å². The molecule has 0 radical (unpaired) electrons. The maximum atomic E-state index is 5.29. The topological polar surface area (TPSA) is 56.3 Å². The van der Waals surface area contributed by atoms with Gasteiger partial charge in [0.1, 0.15) is 6.33 Å². The Bertz CT molecular complexity index is 409. The molecule has 1 saturated carbocycles. The largest absolute Gasteiger partial charge is 0.481 e. The maximum absolute atomic E-state index is 5.29. The van der Waals surface area contributed by atoms with Crippen LogP contribution >= 0.6 is 11.8 Å². The molecule has 20 heavy (non-hydrogen) atoms. The molecule has 2 unspecified atom stereocenters. The molecule has 0 aliphatic heterocycles. The third-order valence-electron chi connectivity index (χ3n) is 3.78. The van der Waals surface area contributed by atoms with Gasteiger partial charge in [-0.2, -0.15) is 11.8 Å². The number of hydrogen-bond acceptors (Lipinski definition) is 6. The third-order valence-corrected chi connectivity index (χ3v) is 4.87. The zero-order valence-corrected chi connectivity index (χ0v) is 13.2. The Hall–Kier alpha value is -1.01. The van der Waals surface area contributed by atoms with Crippen molar-refractivity contribution in [3.8, 4) is 11.8 Å². The van der Waals surface area contributed by atoms with Gasteiger partial charge < -0.3 is 14.8 Å². The first-order valence-electron chi connectivity index (χ1n) is 6.96. The number of ether oxygens (including phenoxy) is 2. The molecule has 1 heterocycles. The van der Waals surface area contributed by atoms with Gasteiger partial charge in [0.2, 0.25) is 11.8 Å². The molecule has 2 atom stereocenters. The number of thioether (sulfide) groups is 1. The first kappa shape index (κ1) is 15.4. The summed E-state index contributed by atoms with van der Waals surface area (Å²) < 4.78 is 10.6. The van der Waals surface area contributed by atoms with Gasteiger partial charge in [0.25, 0.3) is 0 Å². The van der Waals surface area contributed by atoms with Gasteiger partial charge in [-0.1, -0.05) is 6.42 Å². The molecular formula is C14H23N3O2S. The van der Waals surface area contributed by atoms with Crippen molar-refractivity contribution in [2.24, 2.45) is 0 Å². The summed E-state index contributed by atoms with van der Waals surface area (Å²) in [5.41, 5.74) is 0.892. The van der Waals surface area contributed by atoms with Crippen LogP contribution in [-0.2, 0) is 6.54 Å². The Morgan fingerprint density at radius 1 is 1.25 bits per heavy atom. The maximum Gasteiger partial charge on any atom is 0.224 e. The molecule has 0 aromatic carbocycles. The second-order valence-corrected chi connectivity index (χ2v) is 6.11. The zero-order chi connectivity index (χ0) is 14.4. The van der Waals surface area contributed by atoms with Crippen LogP contribution in [0.4, 0.5) is 0 Å². The van der Waals surface area contributed by atoms with E-state index in [4.69, 9.17) is 9.47 Å². The van der Waals surface area contributed by atoms with E-state index < -0.39 is 0 Å². The van der Waals surface area contributed by atoms with Crippen molar-refractivity contribution in [2.45, 2.75) is 43.5 Å². The van der Waals surface area contributed by atoms with Crippen molar-refractivity contribution in [2.75, 3.05) is 20.5 Å². The van der Waals surface area contributed by atoms with Crippen molar-refractivity contribution in [3.63, 3.8) is 0 Å². The number of nitrogens with one attached hydrogen (secondary N) is 1. The number of hydrogen-bond donors (Lipinski definition) is 1. The molecule has 6 heteroatoms. The number of aromatic nitrogens is 2. The Balaban J connectivity index is 1.99. The number of methoxy groups -OCH3 is 2. The first-order chi connectivity index (χ1) is 9.78. The fourth-order valence-electron chi connectivity index (χ4n) is 2.67. The summed E-state index contributed by atoms with van der Waals surface area (Å²) >= 11 is 1.97. The highest BCUT2D eigenvalue weighted by Gasteiger charge is 2.22. The molecule has 1 aromatic rings. The Labute approximate surface area is 124 Å². The monoisotopic (exact) mass is 297 g/mol. The highest BCUT2D eigenvalue weighted by atomic mass is 32.2. The minimum absolute atomic E-state index is 0.552. The molecular weight excluding hydrogens is 274 g/mol. The molecule has 112 valence electrons. The van der Waals surface area contributed by atoms with Crippen LogP contribution in [0, 0.1) is 0 Å². The molecule has 1 fully saturated rings. The fourth-order valence-corrected chi connectivity index (χ4v) is 3.50. The van der Waals surface area contributed by atoms with E-state index in [1.165, 1.54) is 32.0 Å².